The highest BCUT2D eigenvalue weighted by atomic mass is 16.5. The van der Waals surface area contributed by atoms with Crippen LogP contribution in [0.5, 0.6) is 0 Å². The molecule has 4 heterocycles. The van der Waals surface area contributed by atoms with Gasteiger partial charge in [-0.25, -0.2) is 0 Å². The first kappa shape index (κ1) is 23.3. The van der Waals surface area contributed by atoms with E-state index in [2.05, 4.69) is 20.3 Å². The molecule has 2 amide bonds. The second-order valence-corrected chi connectivity index (χ2v) is 10.1. The van der Waals surface area contributed by atoms with E-state index in [4.69, 9.17) is 4.52 Å². The van der Waals surface area contributed by atoms with Gasteiger partial charge in [-0.1, -0.05) is 5.16 Å². The van der Waals surface area contributed by atoms with Crippen LogP contribution < -0.4 is 5.32 Å². The number of amides is 2. The maximum Gasteiger partial charge on any atom is 0.219 e. The Morgan fingerprint density at radius 3 is 2.66 bits per heavy atom. The zero-order valence-electron chi connectivity index (χ0n) is 20.1. The van der Waals surface area contributed by atoms with E-state index < -0.39 is 0 Å². The van der Waals surface area contributed by atoms with Crippen molar-refractivity contribution in [2.24, 2.45) is 11.8 Å². The van der Waals surface area contributed by atoms with Crippen molar-refractivity contribution in [3.63, 3.8) is 0 Å². The number of piperidine rings is 3. The molecule has 178 valence electrons. The second kappa shape index (κ2) is 10.4. The third kappa shape index (κ3) is 5.03. The molecule has 3 aliphatic heterocycles. The van der Waals surface area contributed by atoms with E-state index in [1.165, 1.54) is 38.8 Å². The average Bonchev–Trinajstić information content (AvgIpc) is 3.10. The minimum absolute atomic E-state index is 0.120. The van der Waals surface area contributed by atoms with Crippen LogP contribution in [0.25, 0.3) is 0 Å². The second-order valence-electron chi connectivity index (χ2n) is 10.1. The van der Waals surface area contributed by atoms with Crippen LogP contribution in [0, 0.1) is 25.7 Å². The first-order valence-corrected chi connectivity index (χ1v) is 12.7. The minimum Gasteiger partial charge on any atom is -0.361 e. The summed E-state index contributed by atoms with van der Waals surface area (Å²) in [5.74, 6) is 2.41. The normalized spacial score (nSPS) is 27.8. The highest BCUT2D eigenvalue weighted by Crippen LogP contribution is 2.43. The summed E-state index contributed by atoms with van der Waals surface area (Å²) >= 11 is 0. The average molecular weight is 445 g/mol. The maximum absolute atomic E-state index is 12.5. The molecular weight excluding hydrogens is 404 g/mol. The number of aromatic nitrogens is 1. The molecule has 0 radical (unpaired) electrons. The highest BCUT2D eigenvalue weighted by molar-refractivity contribution is 5.76. The standard InChI is InChI=1S/C25H40N4O3/c1-17-21(18(2)32-27-17)9-5-13-26-24(31)12-4-11-23-22-10-7-15-28-14-6-8-20(25(22)28)16-29(23)19(3)30/h20,22-23,25H,4-16H2,1-3H3,(H,26,31)/t20-,22+,23+,25-/m0/s1. The number of likely N-dealkylation sites (tertiary alicyclic amines) is 1. The molecule has 3 fully saturated rings. The van der Waals surface area contributed by atoms with Crippen molar-refractivity contribution in [3.05, 3.63) is 17.0 Å². The van der Waals surface area contributed by atoms with Gasteiger partial charge >= 0.3 is 0 Å². The van der Waals surface area contributed by atoms with Crippen molar-refractivity contribution in [1.29, 1.82) is 0 Å². The van der Waals surface area contributed by atoms with Crippen LogP contribution in [0.3, 0.4) is 0 Å². The first-order valence-electron chi connectivity index (χ1n) is 12.7. The van der Waals surface area contributed by atoms with Gasteiger partial charge in [-0.05, 0) is 90.1 Å². The van der Waals surface area contributed by atoms with Crippen LogP contribution >= 0.6 is 0 Å². The summed E-state index contributed by atoms with van der Waals surface area (Å²) in [6.07, 6.45) is 9.06. The number of carbonyl (C=O) groups excluding carboxylic acids is 2. The lowest BCUT2D eigenvalue weighted by molar-refractivity contribution is -0.144. The van der Waals surface area contributed by atoms with Gasteiger partial charge in [-0.3, -0.25) is 14.5 Å². The molecule has 3 aliphatic rings. The van der Waals surface area contributed by atoms with Gasteiger partial charge < -0.3 is 14.7 Å². The molecule has 1 aromatic heterocycles. The molecule has 7 nitrogen and oxygen atoms in total. The number of hydrogen-bond acceptors (Lipinski definition) is 5. The SMILES string of the molecule is CC(=O)N1C[C@@H]2CCCN3CCC[C@@H]([C@H]23)[C@H]1CCCC(=O)NCCCc1c(C)noc1C. The van der Waals surface area contributed by atoms with E-state index in [1.807, 2.05) is 13.8 Å². The largest absolute Gasteiger partial charge is 0.361 e. The van der Waals surface area contributed by atoms with Gasteiger partial charge in [0.15, 0.2) is 0 Å². The van der Waals surface area contributed by atoms with E-state index in [-0.39, 0.29) is 11.8 Å². The molecule has 0 aliphatic carbocycles. The number of hydrogen-bond donors (Lipinski definition) is 1. The summed E-state index contributed by atoms with van der Waals surface area (Å²) in [5.41, 5.74) is 2.10. The number of nitrogens with one attached hydrogen (secondary N) is 1. The number of aryl methyl sites for hydroxylation is 2. The van der Waals surface area contributed by atoms with E-state index >= 15 is 0 Å². The molecule has 32 heavy (non-hydrogen) atoms. The van der Waals surface area contributed by atoms with Crippen LogP contribution in [0.4, 0.5) is 0 Å². The van der Waals surface area contributed by atoms with Gasteiger partial charge in [0.25, 0.3) is 0 Å². The summed E-state index contributed by atoms with van der Waals surface area (Å²) in [7, 11) is 0. The van der Waals surface area contributed by atoms with Gasteiger partial charge in [0.1, 0.15) is 5.76 Å². The lowest BCUT2D eigenvalue weighted by Crippen LogP contribution is -2.65. The smallest absolute Gasteiger partial charge is 0.219 e. The summed E-state index contributed by atoms with van der Waals surface area (Å²) in [4.78, 5) is 29.8. The van der Waals surface area contributed by atoms with Gasteiger partial charge in [-0.15, -0.1) is 0 Å². The summed E-state index contributed by atoms with van der Waals surface area (Å²) in [6.45, 7) is 9.65. The van der Waals surface area contributed by atoms with Gasteiger partial charge in [-0.2, -0.15) is 0 Å². The molecule has 0 spiro atoms. The summed E-state index contributed by atoms with van der Waals surface area (Å²) < 4.78 is 5.20. The summed E-state index contributed by atoms with van der Waals surface area (Å²) in [6, 6.07) is 0.943. The van der Waals surface area contributed by atoms with Gasteiger partial charge in [0.2, 0.25) is 11.8 Å². The fourth-order valence-electron chi connectivity index (χ4n) is 6.64. The number of nitrogens with zero attached hydrogens (tertiary/aromatic N) is 3. The Bertz CT molecular complexity index is 786. The quantitative estimate of drug-likeness (QED) is 0.623. The van der Waals surface area contributed by atoms with Crippen molar-refractivity contribution in [2.75, 3.05) is 26.2 Å². The molecule has 0 aromatic carbocycles. The van der Waals surface area contributed by atoms with Crippen molar-refractivity contribution in [2.45, 2.75) is 90.6 Å². The monoisotopic (exact) mass is 444 g/mol. The molecule has 3 saturated heterocycles. The molecule has 0 bridgehead atoms. The topological polar surface area (TPSA) is 78.7 Å². The van der Waals surface area contributed by atoms with Crippen molar-refractivity contribution < 1.29 is 14.1 Å². The van der Waals surface area contributed by atoms with Crippen LogP contribution in [0.2, 0.25) is 0 Å². The van der Waals surface area contributed by atoms with Gasteiger partial charge in [0.05, 0.1) is 5.69 Å². The molecule has 4 atom stereocenters. The van der Waals surface area contributed by atoms with Crippen LogP contribution in [0.15, 0.2) is 4.52 Å². The lowest BCUT2D eigenvalue weighted by atomic mass is 9.69. The number of rotatable bonds is 8. The Hall–Kier alpha value is -1.89. The molecule has 4 rings (SSSR count). The fraction of sp³-hybridized carbons (Fsp3) is 0.800. The van der Waals surface area contributed by atoms with Crippen LogP contribution in [-0.4, -0.2) is 65.0 Å². The Labute approximate surface area is 192 Å². The predicted molar refractivity (Wildman–Crippen MR) is 123 cm³/mol. The van der Waals surface area contributed by atoms with E-state index in [0.29, 0.717) is 36.9 Å². The van der Waals surface area contributed by atoms with Crippen molar-refractivity contribution >= 4 is 11.8 Å². The zero-order chi connectivity index (χ0) is 22.7. The first-order chi connectivity index (χ1) is 15.5. The predicted octanol–water partition coefficient (Wildman–Crippen LogP) is 3.23. The number of carbonyl (C=O) groups is 2. The summed E-state index contributed by atoms with van der Waals surface area (Å²) in [5, 5.41) is 7.05. The molecular formula is C25H40N4O3. The minimum atomic E-state index is 0.120. The van der Waals surface area contributed by atoms with Crippen molar-refractivity contribution in [1.82, 2.24) is 20.3 Å². The third-order valence-electron chi connectivity index (χ3n) is 8.09. The van der Waals surface area contributed by atoms with Gasteiger partial charge in [0, 0.05) is 44.1 Å². The maximum atomic E-state index is 12.5. The zero-order valence-corrected chi connectivity index (χ0v) is 20.1. The lowest BCUT2D eigenvalue weighted by Gasteiger charge is -2.57. The molecule has 0 unspecified atom stereocenters. The third-order valence-corrected chi connectivity index (χ3v) is 8.09. The molecule has 0 saturated carbocycles. The fourth-order valence-corrected chi connectivity index (χ4v) is 6.64. The molecule has 1 aromatic rings. The Kier molecular flexibility index (Phi) is 7.54. The van der Waals surface area contributed by atoms with Crippen LogP contribution in [-0.2, 0) is 16.0 Å². The highest BCUT2D eigenvalue weighted by Gasteiger charge is 2.48. The van der Waals surface area contributed by atoms with E-state index in [1.54, 1.807) is 6.92 Å². The molecule has 1 N–H and O–H groups in total. The Morgan fingerprint density at radius 2 is 1.94 bits per heavy atom. The molecule has 7 heteroatoms. The van der Waals surface area contributed by atoms with E-state index in [9.17, 15) is 9.59 Å². The Balaban J connectivity index is 1.24. The van der Waals surface area contributed by atoms with Crippen LogP contribution in [0.1, 0.15) is 75.3 Å². The Morgan fingerprint density at radius 1 is 1.16 bits per heavy atom. The van der Waals surface area contributed by atoms with Crippen molar-refractivity contribution in [3.8, 4) is 0 Å². The van der Waals surface area contributed by atoms with E-state index in [0.717, 1.165) is 49.2 Å².